The fourth-order valence-corrected chi connectivity index (χ4v) is 5.50. The first-order valence-electron chi connectivity index (χ1n) is 6.14. The molecule has 19 heavy (non-hydrogen) atoms. The van der Waals surface area contributed by atoms with Crippen molar-refractivity contribution in [2.24, 2.45) is 5.73 Å². The number of rotatable bonds is 3. The van der Waals surface area contributed by atoms with Crippen molar-refractivity contribution in [1.82, 2.24) is 4.31 Å². The minimum Gasteiger partial charge on any atom is -0.329 e. The van der Waals surface area contributed by atoms with E-state index in [-0.39, 0.29) is 6.04 Å². The summed E-state index contributed by atoms with van der Waals surface area (Å²) in [4.78, 5) is 0.294. The molecule has 1 aromatic carbocycles. The summed E-state index contributed by atoms with van der Waals surface area (Å²) in [6.07, 6.45) is 2.76. The summed E-state index contributed by atoms with van der Waals surface area (Å²) in [6, 6.07) is 5.07. The van der Waals surface area contributed by atoms with Gasteiger partial charge in [-0.15, -0.1) is 0 Å². The van der Waals surface area contributed by atoms with Gasteiger partial charge in [0.2, 0.25) is 10.0 Å². The fourth-order valence-electron chi connectivity index (χ4n) is 2.33. The largest absolute Gasteiger partial charge is 0.329 e. The third-order valence-electron chi connectivity index (χ3n) is 3.33. The van der Waals surface area contributed by atoms with E-state index in [2.05, 4.69) is 31.9 Å². The summed E-state index contributed by atoms with van der Waals surface area (Å²) in [5.41, 5.74) is 5.71. The Morgan fingerprint density at radius 3 is 2.74 bits per heavy atom. The zero-order valence-electron chi connectivity index (χ0n) is 10.4. The summed E-state index contributed by atoms with van der Waals surface area (Å²) in [7, 11) is -3.50. The van der Waals surface area contributed by atoms with E-state index in [1.807, 2.05) is 0 Å². The molecule has 1 fully saturated rings. The smallest absolute Gasteiger partial charge is 0.244 e. The van der Waals surface area contributed by atoms with E-state index < -0.39 is 10.0 Å². The number of hydrogen-bond acceptors (Lipinski definition) is 3. The Balaban J connectivity index is 2.43. The second-order valence-corrected chi connectivity index (χ2v) is 8.20. The molecule has 1 saturated heterocycles. The molecule has 1 aliphatic rings. The van der Waals surface area contributed by atoms with Crippen molar-refractivity contribution in [3.63, 3.8) is 0 Å². The molecule has 7 heteroatoms. The molecule has 0 bridgehead atoms. The van der Waals surface area contributed by atoms with Crippen LogP contribution in [0.15, 0.2) is 32.0 Å². The molecule has 1 aliphatic heterocycles. The lowest BCUT2D eigenvalue weighted by Gasteiger charge is -2.34. The molecule has 0 amide bonds. The summed E-state index contributed by atoms with van der Waals surface area (Å²) in [5.74, 6) is 0. The molecule has 0 saturated carbocycles. The van der Waals surface area contributed by atoms with Crippen molar-refractivity contribution in [3.05, 3.63) is 27.1 Å². The van der Waals surface area contributed by atoms with Crippen LogP contribution in [0.1, 0.15) is 19.3 Å². The number of hydrogen-bond donors (Lipinski definition) is 1. The molecule has 1 heterocycles. The van der Waals surface area contributed by atoms with Crippen LogP contribution in [0.4, 0.5) is 0 Å². The van der Waals surface area contributed by atoms with Gasteiger partial charge in [0.25, 0.3) is 0 Å². The van der Waals surface area contributed by atoms with E-state index in [0.717, 1.165) is 23.7 Å². The highest BCUT2D eigenvalue weighted by molar-refractivity contribution is 9.11. The molecule has 106 valence electrons. The van der Waals surface area contributed by atoms with Gasteiger partial charge in [0.05, 0.1) is 4.90 Å². The fraction of sp³-hybridized carbons (Fsp3) is 0.500. The number of nitrogens with zero attached hydrogens (tertiary/aromatic N) is 1. The van der Waals surface area contributed by atoms with Crippen LogP contribution >= 0.6 is 31.9 Å². The molecular formula is C12H16Br2N2O2S. The van der Waals surface area contributed by atoms with Gasteiger partial charge in [-0.25, -0.2) is 8.42 Å². The maximum absolute atomic E-state index is 12.7. The Labute approximate surface area is 130 Å². The van der Waals surface area contributed by atoms with Gasteiger partial charge < -0.3 is 5.73 Å². The SMILES string of the molecule is NCC1CCCCN1S(=O)(=O)c1cc(Br)ccc1Br. The molecule has 0 aliphatic carbocycles. The highest BCUT2D eigenvalue weighted by Gasteiger charge is 2.33. The zero-order valence-corrected chi connectivity index (χ0v) is 14.3. The van der Waals surface area contributed by atoms with Crippen LogP contribution in [0.3, 0.4) is 0 Å². The lowest BCUT2D eigenvalue weighted by atomic mass is 10.1. The van der Waals surface area contributed by atoms with Crippen molar-refractivity contribution in [1.29, 1.82) is 0 Å². The first-order valence-corrected chi connectivity index (χ1v) is 9.16. The summed E-state index contributed by atoms with van der Waals surface area (Å²) in [6.45, 7) is 0.911. The van der Waals surface area contributed by atoms with Gasteiger partial charge in [-0.1, -0.05) is 22.4 Å². The molecule has 2 N–H and O–H groups in total. The quantitative estimate of drug-likeness (QED) is 0.831. The van der Waals surface area contributed by atoms with E-state index in [9.17, 15) is 8.42 Å². The monoisotopic (exact) mass is 410 g/mol. The van der Waals surface area contributed by atoms with Crippen molar-refractivity contribution >= 4 is 41.9 Å². The highest BCUT2D eigenvalue weighted by atomic mass is 79.9. The van der Waals surface area contributed by atoms with Crippen LogP contribution in [-0.4, -0.2) is 31.9 Å². The molecule has 4 nitrogen and oxygen atoms in total. The molecule has 0 spiro atoms. The molecule has 1 unspecified atom stereocenters. The average Bonchev–Trinajstić information content (AvgIpc) is 2.41. The van der Waals surface area contributed by atoms with E-state index in [4.69, 9.17) is 5.73 Å². The van der Waals surface area contributed by atoms with Crippen molar-refractivity contribution in [3.8, 4) is 0 Å². The Morgan fingerprint density at radius 2 is 2.05 bits per heavy atom. The normalized spacial score (nSPS) is 21.5. The van der Waals surface area contributed by atoms with Gasteiger partial charge in [-0.2, -0.15) is 4.31 Å². The average molecular weight is 412 g/mol. The van der Waals surface area contributed by atoms with E-state index in [1.165, 1.54) is 0 Å². The van der Waals surface area contributed by atoms with Gasteiger partial charge >= 0.3 is 0 Å². The Hall–Kier alpha value is 0.0500. The number of piperidine rings is 1. The first kappa shape index (κ1) is 15.4. The zero-order chi connectivity index (χ0) is 14.0. The minimum absolute atomic E-state index is 0.0929. The maximum atomic E-state index is 12.7. The van der Waals surface area contributed by atoms with E-state index in [0.29, 0.717) is 22.5 Å². The predicted molar refractivity (Wildman–Crippen MR) is 82.4 cm³/mol. The topological polar surface area (TPSA) is 63.4 Å². The van der Waals surface area contributed by atoms with Crippen LogP contribution < -0.4 is 5.73 Å². The maximum Gasteiger partial charge on any atom is 0.244 e. The lowest BCUT2D eigenvalue weighted by molar-refractivity contribution is 0.257. The Kier molecular flexibility index (Phi) is 5.05. The first-order chi connectivity index (χ1) is 8.96. The minimum atomic E-state index is -3.50. The summed E-state index contributed by atoms with van der Waals surface area (Å²) in [5, 5.41) is 0. The Morgan fingerprint density at radius 1 is 1.32 bits per heavy atom. The van der Waals surface area contributed by atoms with Crippen LogP contribution in [0.2, 0.25) is 0 Å². The van der Waals surface area contributed by atoms with Gasteiger partial charge in [-0.05, 0) is 47.0 Å². The van der Waals surface area contributed by atoms with Crippen LogP contribution in [0.25, 0.3) is 0 Å². The molecule has 1 atom stereocenters. The van der Waals surface area contributed by atoms with Gasteiger partial charge in [0.15, 0.2) is 0 Å². The summed E-state index contributed by atoms with van der Waals surface area (Å²) >= 11 is 6.63. The molecular weight excluding hydrogens is 396 g/mol. The third kappa shape index (κ3) is 3.21. The van der Waals surface area contributed by atoms with E-state index >= 15 is 0 Å². The number of benzene rings is 1. The molecule has 0 aromatic heterocycles. The summed E-state index contributed by atoms with van der Waals surface area (Å²) < 4.78 is 28.4. The number of nitrogens with two attached hydrogens (primary N) is 1. The van der Waals surface area contributed by atoms with Crippen molar-refractivity contribution in [2.45, 2.75) is 30.2 Å². The second-order valence-electron chi connectivity index (χ2n) is 4.58. The van der Waals surface area contributed by atoms with Gasteiger partial charge in [0, 0.05) is 28.1 Å². The second kappa shape index (κ2) is 6.22. The predicted octanol–water partition coefficient (Wildman–Crippen LogP) is 2.71. The Bertz CT molecular complexity index is 563. The number of halogens is 2. The van der Waals surface area contributed by atoms with Crippen LogP contribution in [-0.2, 0) is 10.0 Å². The van der Waals surface area contributed by atoms with Crippen LogP contribution in [0, 0.1) is 0 Å². The van der Waals surface area contributed by atoms with Crippen molar-refractivity contribution < 1.29 is 8.42 Å². The highest BCUT2D eigenvalue weighted by Crippen LogP contribution is 2.31. The molecule has 2 rings (SSSR count). The van der Waals surface area contributed by atoms with Crippen LogP contribution in [0.5, 0.6) is 0 Å². The molecule has 1 aromatic rings. The van der Waals surface area contributed by atoms with Gasteiger partial charge in [-0.3, -0.25) is 0 Å². The van der Waals surface area contributed by atoms with E-state index in [1.54, 1.807) is 22.5 Å². The standard InChI is InChI=1S/C12H16Br2N2O2S/c13-9-4-5-11(14)12(7-9)19(17,18)16-6-2-1-3-10(16)8-15/h4-5,7,10H,1-3,6,8,15H2. The molecule has 0 radical (unpaired) electrons. The number of sulfonamides is 1. The van der Waals surface area contributed by atoms with Gasteiger partial charge in [0.1, 0.15) is 0 Å². The third-order valence-corrected chi connectivity index (χ3v) is 6.76. The lowest BCUT2D eigenvalue weighted by Crippen LogP contribution is -2.47. The van der Waals surface area contributed by atoms with Crippen molar-refractivity contribution in [2.75, 3.05) is 13.1 Å².